The van der Waals surface area contributed by atoms with E-state index in [0.717, 1.165) is 5.56 Å². The fourth-order valence-corrected chi connectivity index (χ4v) is 1.06. The number of aromatic nitrogens is 1. The summed E-state index contributed by atoms with van der Waals surface area (Å²) in [5.41, 5.74) is 1.01. The highest BCUT2D eigenvalue weighted by atomic mass is 16.1. The summed E-state index contributed by atoms with van der Waals surface area (Å²) >= 11 is 0. The molecule has 15 heavy (non-hydrogen) atoms. The lowest BCUT2D eigenvalue weighted by Gasteiger charge is -2.08. The van der Waals surface area contributed by atoms with Gasteiger partial charge in [-0.3, -0.25) is 9.78 Å². The van der Waals surface area contributed by atoms with Crippen molar-refractivity contribution in [2.24, 2.45) is 0 Å². The first-order valence-corrected chi connectivity index (χ1v) is 5.07. The second-order valence-corrected chi connectivity index (χ2v) is 3.67. The molecule has 1 aromatic rings. The first-order chi connectivity index (χ1) is 7.18. The fourth-order valence-electron chi connectivity index (χ4n) is 1.06. The van der Waals surface area contributed by atoms with Gasteiger partial charge >= 0.3 is 0 Å². The number of pyridine rings is 1. The summed E-state index contributed by atoms with van der Waals surface area (Å²) < 4.78 is 0. The summed E-state index contributed by atoms with van der Waals surface area (Å²) in [5.74, 6) is 0.00699. The van der Waals surface area contributed by atoms with Crippen molar-refractivity contribution in [2.75, 3.05) is 6.54 Å². The van der Waals surface area contributed by atoms with E-state index in [-0.39, 0.29) is 5.91 Å². The number of carbonyl (C=O) groups is 1. The summed E-state index contributed by atoms with van der Waals surface area (Å²) in [5, 5.41) is 5.87. The lowest BCUT2D eigenvalue weighted by Crippen LogP contribution is -2.36. The highest BCUT2D eigenvalue weighted by Crippen LogP contribution is 1.93. The number of amides is 1. The smallest absolute Gasteiger partial charge is 0.234 e. The maximum atomic E-state index is 11.3. The molecule has 0 radical (unpaired) electrons. The third-order valence-electron chi connectivity index (χ3n) is 1.88. The molecule has 0 aliphatic carbocycles. The first-order valence-electron chi connectivity index (χ1n) is 5.07. The van der Waals surface area contributed by atoms with Crippen LogP contribution in [0.25, 0.3) is 0 Å². The first kappa shape index (κ1) is 11.7. The van der Waals surface area contributed by atoms with E-state index < -0.39 is 0 Å². The molecule has 0 aliphatic rings. The molecule has 1 amide bonds. The molecule has 0 atom stereocenters. The van der Waals surface area contributed by atoms with E-state index in [0.29, 0.717) is 19.1 Å². The van der Waals surface area contributed by atoms with Crippen LogP contribution in [0.1, 0.15) is 19.4 Å². The second kappa shape index (κ2) is 6.14. The Balaban J connectivity index is 2.23. The van der Waals surface area contributed by atoms with Crippen molar-refractivity contribution < 1.29 is 4.79 Å². The van der Waals surface area contributed by atoms with Gasteiger partial charge in [0.05, 0.1) is 6.54 Å². The molecule has 0 bridgehead atoms. The zero-order valence-electron chi connectivity index (χ0n) is 9.16. The zero-order valence-corrected chi connectivity index (χ0v) is 9.16. The van der Waals surface area contributed by atoms with Crippen LogP contribution in [0.4, 0.5) is 0 Å². The minimum atomic E-state index is 0.00699. The van der Waals surface area contributed by atoms with E-state index >= 15 is 0 Å². The Hall–Kier alpha value is -1.42. The van der Waals surface area contributed by atoms with E-state index in [1.807, 2.05) is 26.0 Å². The lowest BCUT2D eigenvalue weighted by atomic mass is 10.3. The molecule has 0 aliphatic heterocycles. The molecule has 0 aromatic carbocycles. The normalized spacial score (nSPS) is 10.3. The van der Waals surface area contributed by atoms with Crippen LogP contribution in [0.5, 0.6) is 0 Å². The number of rotatable bonds is 5. The average Bonchev–Trinajstić information content (AvgIpc) is 2.25. The highest BCUT2D eigenvalue weighted by Gasteiger charge is 2.01. The molecule has 4 heteroatoms. The quantitative estimate of drug-likeness (QED) is 0.747. The minimum Gasteiger partial charge on any atom is -0.351 e. The number of carbonyl (C=O) groups excluding carboxylic acids is 1. The molecule has 0 unspecified atom stereocenters. The van der Waals surface area contributed by atoms with Crippen LogP contribution in [0.2, 0.25) is 0 Å². The lowest BCUT2D eigenvalue weighted by molar-refractivity contribution is -0.120. The highest BCUT2D eigenvalue weighted by molar-refractivity contribution is 5.77. The van der Waals surface area contributed by atoms with Gasteiger partial charge in [-0.05, 0) is 11.6 Å². The molecule has 1 rings (SSSR count). The van der Waals surface area contributed by atoms with Gasteiger partial charge in [0.25, 0.3) is 0 Å². The molecule has 0 spiro atoms. The van der Waals surface area contributed by atoms with E-state index in [2.05, 4.69) is 15.6 Å². The van der Waals surface area contributed by atoms with E-state index in [9.17, 15) is 4.79 Å². The van der Waals surface area contributed by atoms with Gasteiger partial charge in [-0.2, -0.15) is 0 Å². The van der Waals surface area contributed by atoms with E-state index in [1.165, 1.54) is 0 Å². The summed E-state index contributed by atoms with van der Waals surface area (Å²) in [4.78, 5) is 15.3. The van der Waals surface area contributed by atoms with Gasteiger partial charge in [-0.25, -0.2) is 0 Å². The minimum absolute atomic E-state index is 0.00699. The monoisotopic (exact) mass is 207 g/mol. The predicted molar refractivity (Wildman–Crippen MR) is 59.2 cm³/mol. The van der Waals surface area contributed by atoms with Crippen LogP contribution in [0.15, 0.2) is 24.5 Å². The third-order valence-corrected chi connectivity index (χ3v) is 1.88. The summed E-state index contributed by atoms with van der Waals surface area (Å²) in [7, 11) is 0. The van der Waals surface area contributed by atoms with E-state index in [4.69, 9.17) is 0 Å². The molecular weight excluding hydrogens is 190 g/mol. The Bertz CT molecular complexity index is 298. The Morgan fingerprint density at radius 1 is 1.53 bits per heavy atom. The number of nitrogens with one attached hydrogen (secondary N) is 2. The van der Waals surface area contributed by atoms with Gasteiger partial charge < -0.3 is 10.6 Å². The average molecular weight is 207 g/mol. The maximum absolute atomic E-state index is 11.3. The summed E-state index contributed by atoms with van der Waals surface area (Å²) in [6.45, 7) is 4.91. The van der Waals surface area contributed by atoms with Crippen LogP contribution < -0.4 is 10.6 Å². The number of hydrogen-bond donors (Lipinski definition) is 2. The molecule has 1 aromatic heterocycles. The second-order valence-electron chi connectivity index (χ2n) is 3.67. The van der Waals surface area contributed by atoms with Crippen LogP contribution >= 0.6 is 0 Å². The molecule has 2 N–H and O–H groups in total. The molecule has 1 heterocycles. The Morgan fingerprint density at radius 3 is 2.93 bits per heavy atom. The molecular formula is C11H17N3O. The Morgan fingerprint density at radius 2 is 2.33 bits per heavy atom. The molecule has 4 nitrogen and oxygen atoms in total. The molecule has 82 valence electrons. The number of hydrogen-bond acceptors (Lipinski definition) is 3. The zero-order chi connectivity index (χ0) is 11.1. The Labute approximate surface area is 90.1 Å². The van der Waals surface area contributed by atoms with Gasteiger partial charge in [0, 0.05) is 25.0 Å². The van der Waals surface area contributed by atoms with E-state index in [1.54, 1.807) is 12.4 Å². The van der Waals surface area contributed by atoms with Crippen molar-refractivity contribution in [3.8, 4) is 0 Å². The number of nitrogens with zero attached hydrogens (tertiary/aromatic N) is 1. The van der Waals surface area contributed by atoms with Gasteiger partial charge in [-0.1, -0.05) is 19.9 Å². The van der Waals surface area contributed by atoms with Crippen LogP contribution in [0, 0.1) is 0 Å². The van der Waals surface area contributed by atoms with Gasteiger partial charge in [-0.15, -0.1) is 0 Å². The van der Waals surface area contributed by atoms with Gasteiger partial charge in [0.2, 0.25) is 5.91 Å². The van der Waals surface area contributed by atoms with Crippen LogP contribution in [-0.2, 0) is 11.3 Å². The van der Waals surface area contributed by atoms with Crippen LogP contribution in [0.3, 0.4) is 0 Å². The maximum Gasteiger partial charge on any atom is 0.234 e. The largest absolute Gasteiger partial charge is 0.351 e. The third kappa shape index (κ3) is 5.12. The molecule has 0 fully saturated rings. The van der Waals surface area contributed by atoms with Crippen LogP contribution in [-0.4, -0.2) is 23.5 Å². The fraction of sp³-hybridized carbons (Fsp3) is 0.455. The predicted octanol–water partition coefficient (Wildman–Crippen LogP) is 0.696. The van der Waals surface area contributed by atoms with Crippen molar-refractivity contribution in [3.05, 3.63) is 30.1 Å². The summed E-state index contributed by atoms with van der Waals surface area (Å²) in [6, 6.07) is 4.12. The van der Waals surface area contributed by atoms with Crippen molar-refractivity contribution >= 4 is 5.91 Å². The summed E-state index contributed by atoms with van der Waals surface area (Å²) in [6.07, 6.45) is 3.46. The van der Waals surface area contributed by atoms with Crippen molar-refractivity contribution in [1.29, 1.82) is 0 Å². The van der Waals surface area contributed by atoms with Crippen molar-refractivity contribution in [3.63, 3.8) is 0 Å². The van der Waals surface area contributed by atoms with Crippen molar-refractivity contribution in [1.82, 2.24) is 15.6 Å². The molecule has 0 saturated carbocycles. The van der Waals surface area contributed by atoms with Gasteiger partial charge in [0.1, 0.15) is 0 Å². The van der Waals surface area contributed by atoms with Gasteiger partial charge in [0.15, 0.2) is 0 Å². The molecule has 0 saturated heterocycles. The Kier molecular flexibility index (Phi) is 4.77. The van der Waals surface area contributed by atoms with Crippen molar-refractivity contribution in [2.45, 2.75) is 26.4 Å². The topological polar surface area (TPSA) is 54.0 Å². The SMILES string of the molecule is CC(C)NCC(=O)NCc1cccnc1. The standard InChI is InChI=1S/C11H17N3O/c1-9(2)13-8-11(15)14-7-10-4-3-5-12-6-10/h3-6,9,13H,7-8H2,1-2H3,(H,14,15).